The molecule has 0 radical (unpaired) electrons. The summed E-state index contributed by atoms with van der Waals surface area (Å²) >= 11 is 7.35. The molecule has 1 amide bonds. The third-order valence-electron chi connectivity index (χ3n) is 3.50. The molecular weight excluding hydrogens is 372 g/mol. The molecular formula is C18H15ClN4O2S. The lowest BCUT2D eigenvalue weighted by Crippen LogP contribution is -2.14. The first-order valence-electron chi connectivity index (χ1n) is 7.74. The zero-order valence-corrected chi connectivity index (χ0v) is 15.4. The predicted molar refractivity (Wildman–Crippen MR) is 103 cm³/mol. The van der Waals surface area contributed by atoms with Gasteiger partial charge in [0.2, 0.25) is 11.1 Å². The Morgan fingerprint density at radius 1 is 1.15 bits per heavy atom. The second-order valence-electron chi connectivity index (χ2n) is 5.42. The second-order valence-corrected chi connectivity index (χ2v) is 6.77. The smallest absolute Gasteiger partial charge is 0.234 e. The zero-order valence-electron chi connectivity index (χ0n) is 13.8. The second kappa shape index (κ2) is 8.16. The maximum atomic E-state index is 12.0. The molecule has 0 aliphatic rings. The van der Waals surface area contributed by atoms with Crippen LogP contribution >= 0.6 is 23.4 Å². The van der Waals surface area contributed by atoms with Crippen molar-refractivity contribution in [3.8, 4) is 11.4 Å². The molecule has 132 valence electrons. The van der Waals surface area contributed by atoms with Crippen LogP contribution < -0.4 is 5.32 Å². The molecule has 0 unspecified atom stereocenters. The van der Waals surface area contributed by atoms with Crippen molar-refractivity contribution in [3.63, 3.8) is 0 Å². The van der Waals surface area contributed by atoms with Crippen LogP contribution in [0.25, 0.3) is 11.4 Å². The van der Waals surface area contributed by atoms with Gasteiger partial charge in [0.05, 0.1) is 10.8 Å². The van der Waals surface area contributed by atoms with Crippen LogP contribution in [-0.2, 0) is 4.79 Å². The van der Waals surface area contributed by atoms with Crippen LogP contribution in [-0.4, -0.2) is 32.6 Å². The van der Waals surface area contributed by atoms with Crippen LogP contribution in [0.15, 0.2) is 53.7 Å². The Labute approximate surface area is 159 Å². The maximum Gasteiger partial charge on any atom is 0.234 e. The van der Waals surface area contributed by atoms with E-state index in [9.17, 15) is 9.59 Å². The minimum Gasteiger partial charge on any atom is -0.325 e. The Morgan fingerprint density at radius 2 is 1.88 bits per heavy atom. The van der Waals surface area contributed by atoms with Gasteiger partial charge in [-0.15, -0.1) is 5.10 Å². The number of hydrogen-bond donors (Lipinski definition) is 2. The number of benzene rings is 2. The largest absolute Gasteiger partial charge is 0.325 e. The van der Waals surface area contributed by atoms with Crippen molar-refractivity contribution >= 4 is 40.7 Å². The number of carbonyl (C=O) groups is 2. The number of H-pyrrole nitrogens is 1. The SMILES string of the molecule is CC(=O)c1ccc(NC(=O)CSc2n[nH]c(-c3ccccc3Cl)n2)cc1. The Balaban J connectivity index is 1.56. The summed E-state index contributed by atoms with van der Waals surface area (Å²) in [5.41, 5.74) is 1.99. The highest BCUT2D eigenvalue weighted by molar-refractivity contribution is 7.99. The van der Waals surface area contributed by atoms with Crippen LogP contribution in [0.5, 0.6) is 0 Å². The molecule has 0 fully saturated rings. The minimum atomic E-state index is -0.185. The molecule has 0 spiro atoms. The quantitative estimate of drug-likeness (QED) is 0.492. The number of nitrogens with zero attached hydrogens (tertiary/aromatic N) is 2. The molecule has 0 atom stereocenters. The molecule has 1 heterocycles. The van der Waals surface area contributed by atoms with E-state index < -0.39 is 0 Å². The normalized spacial score (nSPS) is 10.5. The molecule has 2 aromatic carbocycles. The number of hydrogen-bond acceptors (Lipinski definition) is 5. The lowest BCUT2D eigenvalue weighted by molar-refractivity contribution is -0.113. The Hall–Kier alpha value is -2.64. The number of Topliss-reactive ketones (excluding diaryl/α,β-unsaturated/α-hetero) is 1. The van der Waals surface area contributed by atoms with Gasteiger partial charge in [-0.1, -0.05) is 35.5 Å². The summed E-state index contributed by atoms with van der Waals surface area (Å²) in [5, 5.41) is 10.7. The molecule has 8 heteroatoms. The molecule has 6 nitrogen and oxygen atoms in total. The molecule has 2 N–H and O–H groups in total. The molecule has 0 aliphatic carbocycles. The fourth-order valence-electron chi connectivity index (χ4n) is 2.20. The van der Waals surface area contributed by atoms with Crippen molar-refractivity contribution in [1.82, 2.24) is 15.2 Å². The van der Waals surface area contributed by atoms with Crippen LogP contribution in [0.4, 0.5) is 5.69 Å². The van der Waals surface area contributed by atoms with E-state index in [1.807, 2.05) is 18.2 Å². The number of thioether (sulfide) groups is 1. The van der Waals surface area contributed by atoms with Crippen molar-refractivity contribution < 1.29 is 9.59 Å². The first-order chi connectivity index (χ1) is 12.5. The van der Waals surface area contributed by atoms with Gasteiger partial charge in [0, 0.05) is 16.8 Å². The van der Waals surface area contributed by atoms with Gasteiger partial charge in [-0.3, -0.25) is 14.7 Å². The number of ketones is 1. The average molecular weight is 387 g/mol. The van der Waals surface area contributed by atoms with E-state index in [-0.39, 0.29) is 17.4 Å². The number of anilines is 1. The van der Waals surface area contributed by atoms with Gasteiger partial charge in [0.25, 0.3) is 0 Å². The number of halogens is 1. The molecule has 0 saturated heterocycles. The standard InChI is InChI=1S/C18H15ClN4O2S/c1-11(24)12-6-8-13(9-7-12)20-16(25)10-26-18-21-17(22-23-18)14-4-2-3-5-15(14)19/h2-9H,10H2,1H3,(H,20,25)(H,21,22,23). The lowest BCUT2D eigenvalue weighted by atomic mass is 10.1. The Morgan fingerprint density at radius 3 is 2.58 bits per heavy atom. The number of nitrogens with one attached hydrogen (secondary N) is 2. The number of aromatic amines is 1. The van der Waals surface area contributed by atoms with E-state index in [1.54, 1.807) is 30.3 Å². The summed E-state index contributed by atoms with van der Waals surface area (Å²) in [6.45, 7) is 1.50. The Kier molecular flexibility index (Phi) is 5.70. The van der Waals surface area contributed by atoms with Crippen LogP contribution in [0, 0.1) is 0 Å². The van der Waals surface area contributed by atoms with Gasteiger partial charge < -0.3 is 5.32 Å². The highest BCUT2D eigenvalue weighted by atomic mass is 35.5. The van der Waals surface area contributed by atoms with E-state index in [0.717, 1.165) is 5.56 Å². The molecule has 3 aromatic rings. The highest BCUT2D eigenvalue weighted by Gasteiger charge is 2.11. The molecule has 0 bridgehead atoms. The highest BCUT2D eigenvalue weighted by Crippen LogP contribution is 2.26. The average Bonchev–Trinajstić information content (AvgIpc) is 3.09. The van der Waals surface area contributed by atoms with Crippen molar-refractivity contribution in [2.75, 3.05) is 11.1 Å². The van der Waals surface area contributed by atoms with Crippen molar-refractivity contribution in [3.05, 3.63) is 59.1 Å². The summed E-state index contributed by atoms with van der Waals surface area (Å²) in [4.78, 5) is 27.6. The van der Waals surface area contributed by atoms with Gasteiger partial charge in [-0.2, -0.15) is 0 Å². The van der Waals surface area contributed by atoms with Gasteiger partial charge in [-0.05, 0) is 43.3 Å². The monoisotopic (exact) mass is 386 g/mol. The van der Waals surface area contributed by atoms with Gasteiger partial charge >= 0.3 is 0 Å². The van der Waals surface area contributed by atoms with Gasteiger partial charge in [0.15, 0.2) is 11.6 Å². The van der Waals surface area contributed by atoms with Crippen LogP contribution in [0.3, 0.4) is 0 Å². The fourth-order valence-corrected chi connectivity index (χ4v) is 3.02. The molecule has 3 rings (SSSR count). The third-order valence-corrected chi connectivity index (χ3v) is 4.68. The van der Waals surface area contributed by atoms with Crippen LogP contribution in [0.1, 0.15) is 17.3 Å². The minimum absolute atomic E-state index is 0.0163. The summed E-state index contributed by atoms with van der Waals surface area (Å²) in [7, 11) is 0. The zero-order chi connectivity index (χ0) is 18.5. The topological polar surface area (TPSA) is 87.7 Å². The third kappa shape index (κ3) is 4.50. The number of amides is 1. The molecule has 0 saturated carbocycles. The van der Waals surface area contributed by atoms with E-state index in [4.69, 9.17) is 11.6 Å². The maximum absolute atomic E-state index is 12.0. The number of rotatable bonds is 6. The summed E-state index contributed by atoms with van der Waals surface area (Å²) in [6, 6.07) is 14.1. The van der Waals surface area contributed by atoms with Crippen molar-refractivity contribution in [2.45, 2.75) is 12.1 Å². The van der Waals surface area contributed by atoms with Gasteiger partial charge in [-0.25, -0.2) is 4.98 Å². The van der Waals surface area contributed by atoms with Crippen molar-refractivity contribution in [1.29, 1.82) is 0 Å². The van der Waals surface area contributed by atoms with Crippen molar-refractivity contribution in [2.24, 2.45) is 0 Å². The van der Waals surface area contributed by atoms with E-state index in [1.165, 1.54) is 18.7 Å². The molecule has 26 heavy (non-hydrogen) atoms. The summed E-state index contributed by atoms with van der Waals surface area (Å²) < 4.78 is 0. The lowest BCUT2D eigenvalue weighted by Gasteiger charge is -2.04. The van der Waals surface area contributed by atoms with Gasteiger partial charge in [0.1, 0.15) is 0 Å². The first-order valence-corrected chi connectivity index (χ1v) is 9.10. The summed E-state index contributed by atoms with van der Waals surface area (Å²) in [6.07, 6.45) is 0. The molecule has 0 aliphatic heterocycles. The van der Waals surface area contributed by atoms with E-state index in [0.29, 0.717) is 27.3 Å². The molecule has 1 aromatic heterocycles. The fraction of sp³-hybridized carbons (Fsp3) is 0.111. The number of carbonyl (C=O) groups excluding carboxylic acids is 2. The summed E-state index contributed by atoms with van der Waals surface area (Å²) in [5.74, 6) is 0.513. The van der Waals surface area contributed by atoms with Crippen LogP contribution in [0.2, 0.25) is 5.02 Å². The van der Waals surface area contributed by atoms with E-state index >= 15 is 0 Å². The van der Waals surface area contributed by atoms with E-state index in [2.05, 4.69) is 20.5 Å². The first kappa shape index (κ1) is 18.2. The Bertz CT molecular complexity index is 940. The number of aromatic nitrogens is 3. The predicted octanol–water partition coefficient (Wildman–Crippen LogP) is 4.06.